The quantitative estimate of drug-likeness (QED) is 0.818. The lowest BCUT2D eigenvalue weighted by molar-refractivity contribution is 0.254. The van der Waals surface area contributed by atoms with E-state index in [-0.39, 0.29) is 0 Å². The smallest absolute Gasteiger partial charge is 0.0547 e. The summed E-state index contributed by atoms with van der Waals surface area (Å²) < 4.78 is 0. The van der Waals surface area contributed by atoms with Gasteiger partial charge in [0, 0.05) is 24.8 Å². The van der Waals surface area contributed by atoms with E-state index in [0.29, 0.717) is 12.0 Å². The molecule has 0 bridgehead atoms. The molecule has 1 unspecified atom stereocenters. The minimum Gasteiger partial charge on any atom is -0.315 e. The van der Waals surface area contributed by atoms with Gasteiger partial charge in [-0.05, 0) is 39.1 Å². The first-order valence-corrected chi connectivity index (χ1v) is 6.31. The highest BCUT2D eigenvalue weighted by molar-refractivity contribution is 5.09. The Labute approximate surface area is 105 Å². The molecule has 0 saturated carbocycles. The number of likely N-dealkylation sites (N-methyl/N-ethyl adjacent to an activating group) is 2. The first-order chi connectivity index (χ1) is 8.02. The first kappa shape index (κ1) is 14.1. The lowest BCUT2D eigenvalue weighted by Gasteiger charge is -2.26. The average molecular weight is 235 g/mol. The van der Waals surface area contributed by atoms with Gasteiger partial charge in [-0.25, -0.2) is 0 Å². The maximum Gasteiger partial charge on any atom is 0.0547 e. The van der Waals surface area contributed by atoms with Crippen molar-refractivity contribution in [2.24, 2.45) is 5.92 Å². The number of aromatic nitrogens is 1. The molecule has 1 N–H and O–H groups in total. The number of pyridine rings is 1. The largest absolute Gasteiger partial charge is 0.315 e. The Bertz CT molecular complexity index is 336. The van der Waals surface area contributed by atoms with Crippen LogP contribution >= 0.6 is 0 Å². The maximum absolute atomic E-state index is 4.53. The van der Waals surface area contributed by atoms with E-state index >= 15 is 0 Å². The fraction of sp³-hybridized carbons (Fsp3) is 0.643. The Morgan fingerprint density at radius 1 is 1.35 bits per heavy atom. The van der Waals surface area contributed by atoms with Gasteiger partial charge < -0.3 is 5.32 Å². The lowest BCUT2D eigenvalue weighted by Crippen LogP contribution is -2.41. The van der Waals surface area contributed by atoms with E-state index in [9.17, 15) is 0 Å². The monoisotopic (exact) mass is 235 g/mol. The molecule has 0 aliphatic carbocycles. The second-order valence-electron chi connectivity index (χ2n) is 5.11. The van der Waals surface area contributed by atoms with Gasteiger partial charge in [-0.3, -0.25) is 9.88 Å². The van der Waals surface area contributed by atoms with Crippen molar-refractivity contribution in [3.63, 3.8) is 0 Å². The van der Waals surface area contributed by atoms with Crippen molar-refractivity contribution < 1.29 is 0 Å². The molecule has 3 heteroatoms. The van der Waals surface area contributed by atoms with Gasteiger partial charge in [0.05, 0.1) is 5.69 Å². The van der Waals surface area contributed by atoms with Crippen molar-refractivity contribution in [1.82, 2.24) is 15.2 Å². The molecule has 1 atom stereocenters. The highest BCUT2D eigenvalue weighted by Gasteiger charge is 2.13. The molecule has 0 aliphatic heterocycles. The molecule has 0 fully saturated rings. The van der Waals surface area contributed by atoms with Crippen LogP contribution in [0.25, 0.3) is 0 Å². The zero-order chi connectivity index (χ0) is 12.8. The third kappa shape index (κ3) is 4.84. The molecule has 0 spiro atoms. The van der Waals surface area contributed by atoms with Crippen molar-refractivity contribution in [3.8, 4) is 0 Å². The predicted molar refractivity (Wildman–Crippen MR) is 73.0 cm³/mol. The van der Waals surface area contributed by atoms with Gasteiger partial charge in [-0.15, -0.1) is 0 Å². The van der Waals surface area contributed by atoms with Crippen LogP contribution in [0, 0.1) is 12.8 Å². The Morgan fingerprint density at radius 3 is 2.59 bits per heavy atom. The van der Waals surface area contributed by atoms with Crippen LogP contribution < -0.4 is 5.32 Å². The third-order valence-electron chi connectivity index (χ3n) is 3.06. The summed E-state index contributed by atoms with van der Waals surface area (Å²) in [4.78, 5) is 6.85. The summed E-state index contributed by atoms with van der Waals surface area (Å²) in [6, 6.07) is 6.73. The van der Waals surface area contributed by atoms with Crippen LogP contribution in [0.2, 0.25) is 0 Å². The van der Waals surface area contributed by atoms with Crippen molar-refractivity contribution in [3.05, 3.63) is 29.6 Å². The highest BCUT2D eigenvalue weighted by Crippen LogP contribution is 2.06. The molecular formula is C14H25N3. The lowest BCUT2D eigenvalue weighted by atomic mass is 10.0. The van der Waals surface area contributed by atoms with Gasteiger partial charge in [0.25, 0.3) is 0 Å². The minimum atomic E-state index is 0.532. The Morgan fingerprint density at radius 2 is 2.06 bits per heavy atom. The molecule has 0 radical (unpaired) electrons. The van der Waals surface area contributed by atoms with Gasteiger partial charge in [0.15, 0.2) is 0 Å². The topological polar surface area (TPSA) is 28.2 Å². The van der Waals surface area contributed by atoms with Crippen LogP contribution in [0.4, 0.5) is 0 Å². The van der Waals surface area contributed by atoms with Gasteiger partial charge >= 0.3 is 0 Å². The van der Waals surface area contributed by atoms with E-state index in [4.69, 9.17) is 0 Å². The zero-order valence-corrected chi connectivity index (χ0v) is 11.7. The number of nitrogens with one attached hydrogen (secondary N) is 1. The Balaban J connectivity index is 2.51. The van der Waals surface area contributed by atoms with Gasteiger partial charge in [-0.1, -0.05) is 19.9 Å². The summed E-state index contributed by atoms with van der Waals surface area (Å²) in [5, 5.41) is 3.37. The summed E-state index contributed by atoms with van der Waals surface area (Å²) in [7, 11) is 4.18. The number of rotatable bonds is 6. The highest BCUT2D eigenvalue weighted by atomic mass is 15.1. The van der Waals surface area contributed by atoms with Crippen molar-refractivity contribution in [2.75, 3.05) is 20.6 Å². The molecular weight excluding hydrogens is 210 g/mol. The number of hydrogen-bond acceptors (Lipinski definition) is 3. The summed E-state index contributed by atoms with van der Waals surface area (Å²) in [5.41, 5.74) is 2.23. The maximum atomic E-state index is 4.53. The van der Waals surface area contributed by atoms with Crippen LogP contribution in [0.15, 0.2) is 18.2 Å². The standard InChI is InChI=1S/C14H25N3/c1-11(2)14(15-4)10-17(5)9-13-8-6-7-12(3)16-13/h6-8,11,14-15H,9-10H2,1-5H3. The number of aryl methyl sites for hydroxylation is 1. The van der Waals surface area contributed by atoms with Gasteiger partial charge in [0.2, 0.25) is 0 Å². The Kier molecular flexibility index (Phi) is 5.59. The second kappa shape index (κ2) is 6.72. The molecule has 3 nitrogen and oxygen atoms in total. The Hall–Kier alpha value is -0.930. The van der Waals surface area contributed by atoms with Crippen molar-refractivity contribution in [2.45, 2.75) is 33.4 Å². The molecule has 17 heavy (non-hydrogen) atoms. The second-order valence-corrected chi connectivity index (χ2v) is 5.11. The fourth-order valence-electron chi connectivity index (χ4n) is 2.00. The summed E-state index contributed by atoms with van der Waals surface area (Å²) in [6.45, 7) is 8.49. The minimum absolute atomic E-state index is 0.532. The van der Waals surface area contributed by atoms with Crippen LogP contribution in [0.1, 0.15) is 25.2 Å². The fourth-order valence-corrected chi connectivity index (χ4v) is 2.00. The molecule has 1 rings (SSSR count). The zero-order valence-electron chi connectivity index (χ0n) is 11.7. The van der Waals surface area contributed by atoms with Gasteiger partial charge in [-0.2, -0.15) is 0 Å². The van der Waals surface area contributed by atoms with Crippen molar-refractivity contribution in [1.29, 1.82) is 0 Å². The number of nitrogens with zero attached hydrogens (tertiary/aromatic N) is 2. The normalized spacial score (nSPS) is 13.4. The number of hydrogen-bond donors (Lipinski definition) is 1. The van der Waals surface area contributed by atoms with Crippen LogP contribution in [0.5, 0.6) is 0 Å². The molecule has 1 aromatic rings. The molecule has 1 heterocycles. The average Bonchev–Trinajstić information content (AvgIpc) is 2.25. The van der Waals surface area contributed by atoms with E-state index in [0.717, 1.165) is 24.5 Å². The molecule has 0 saturated heterocycles. The van der Waals surface area contributed by atoms with Crippen LogP contribution in [-0.2, 0) is 6.54 Å². The molecule has 0 aliphatic rings. The molecule has 0 amide bonds. The third-order valence-corrected chi connectivity index (χ3v) is 3.06. The van der Waals surface area contributed by atoms with E-state index < -0.39 is 0 Å². The summed E-state index contributed by atoms with van der Waals surface area (Å²) in [5.74, 6) is 0.646. The van der Waals surface area contributed by atoms with E-state index in [1.807, 2.05) is 20.0 Å². The van der Waals surface area contributed by atoms with E-state index in [1.165, 1.54) is 0 Å². The SMILES string of the molecule is CNC(CN(C)Cc1cccc(C)n1)C(C)C. The van der Waals surface area contributed by atoms with E-state index in [1.54, 1.807) is 0 Å². The van der Waals surface area contributed by atoms with Crippen molar-refractivity contribution >= 4 is 0 Å². The summed E-state index contributed by atoms with van der Waals surface area (Å²) in [6.07, 6.45) is 0. The van der Waals surface area contributed by atoms with Gasteiger partial charge in [0.1, 0.15) is 0 Å². The van der Waals surface area contributed by atoms with Crippen LogP contribution in [0.3, 0.4) is 0 Å². The molecule has 1 aromatic heterocycles. The van der Waals surface area contributed by atoms with Crippen LogP contribution in [-0.4, -0.2) is 36.6 Å². The molecule has 96 valence electrons. The first-order valence-electron chi connectivity index (χ1n) is 6.31. The summed E-state index contributed by atoms with van der Waals surface area (Å²) >= 11 is 0. The predicted octanol–water partition coefficient (Wildman–Crippen LogP) is 2.07. The van der Waals surface area contributed by atoms with E-state index in [2.05, 4.69) is 48.2 Å². The molecule has 0 aromatic carbocycles.